The van der Waals surface area contributed by atoms with E-state index in [2.05, 4.69) is 46.3 Å². The Kier molecular flexibility index (Phi) is 5.41. The number of nitrogens with one attached hydrogen (secondary N) is 1. The van der Waals surface area contributed by atoms with Gasteiger partial charge in [0.2, 0.25) is 5.91 Å². The molecule has 2 aromatic rings. The molecule has 0 spiro atoms. The molecule has 1 aliphatic heterocycles. The smallest absolute Gasteiger partial charge is 0.222 e. The lowest BCUT2D eigenvalue weighted by Gasteiger charge is -2.22. The van der Waals surface area contributed by atoms with Crippen LogP contribution in [0.4, 0.5) is 5.69 Å². The monoisotopic (exact) mass is 340 g/mol. The molecule has 1 N–H and O–H groups in total. The van der Waals surface area contributed by atoms with Crippen LogP contribution in [0.3, 0.4) is 0 Å². The van der Waals surface area contributed by atoms with E-state index in [1.54, 1.807) is 0 Å². The van der Waals surface area contributed by atoms with Gasteiger partial charge in [-0.2, -0.15) is 5.10 Å². The fourth-order valence-electron chi connectivity index (χ4n) is 3.54. The fraction of sp³-hybridized carbons (Fsp3) is 0.500. The van der Waals surface area contributed by atoms with Crippen molar-refractivity contribution in [1.29, 1.82) is 0 Å². The fourth-order valence-corrected chi connectivity index (χ4v) is 3.54. The Bertz CT molecular complexity index is 710. The zero-order valence-electron chi connectivity index (χ0n) is 15.5. The highest BCUT2D eigenvalue weighted by Gasteiger charge is 2.25. The van der Waals surface area contributed by atoms with Crippen LogP contribution in [-0.4, -0.2) is 47.7 Å². The lowest BCUT2D eigenvalue weighted by molar-refractivity contribution is -0.130. The van der Waals surface area contributed by atoms with Crippen LogP contribution in [0.5, 0.6) is 0 Å². The SMILES string of the molecule is Cc1[nH]nc(CCC(=O)N(C)C[C@H]2CCN(c3ccccc3)C2)c1C. The minimum absolute atomic E-state index is 0.207. The number of carbonyl (C=O) groups excluding carboxylic acids is 1. The van der Waals surface area contributed by atoms with Crippen LogP contribution in [0.2, 0.25) is 0 Å². The maximum atomic E-state index is 12.4. The van der Waals surface area contributed by atoms with Crippen molar-refractivity contribution in [1.82, 2.24) is 15.1 Å². The number of para-hydroxylation sites is 1. The van der Waals surface area contributed by atoms with Gasteiger partial charge < -0.3 is 9.80 Å². The van der Waals surface area contributed by atoms with Gasteiger partial charge >= 0.3 is 0 Å². The molecular weight excluding hydrogens is 312 g/mol. The van der Waals surface area contributed by atoms with Crippen molar-refractivity contribution in [2.45, 2.75) is 33.1 Å². The first kappa shape index (κ1) is 17.5. The Labute approximate surface area is 150 Å². The van der Waals surface area contributed by atoms with Crippen molar-refractivity contribution < 1.29 is 4.79 Å². The number of anilines is 1. The van der Waals surface area contributed by atoms with Crippen LogP contribution in [0.25, 0.3) is 0 Å². The number of rotatable bonds is 6. The molecule has 3 rings (SSSR count). The Hall–Kier alpha value is -2.30. The summed E-state index contributed by atoms with van der Waals surface area (Å²) in [7, 11) is 1.93. The van der Waals surface area contributed by atoms with Crippen molar-refractivity contribution >= 4 is 11.6 Å². The zero-order chi connectivity index (χ0) is 17.8. The molecule has 5 nitrogen and oxygen atoms in total. The minimum atomic E-state index is 0.207. The Morgan fingerprint density at radius 1 is 1.32 bits per heavy atom. The number of aromatic amines is 1. The molecule has 0 unspecified atom stereocenters. The second kappa shape index (κ2) is 7.72. The topological polar surface area (TPSA) is 52.2 Å². The standard InChI is InChI=1S/C20H28N4O/c1-15-16(2)21-22-19(15)9-10-20(25)23(3)13-17-11-12-24(14-17)18-7-5-4-6-8-18/h4-8,17H,9-14H2,1-3H3,(H,21,22)/t17-/m1/s1. The predicted octanol–water partition coefficient (Wildman–Crippen LogP) is 2.94. The average Bonchev–Trinajstić information content (AvgIpc) is 3.21. The Morgan fingerprint density at radius 2 is 2.08 bits per heavy atom. The summed E-state index contributed by atoms with van der Waals surface area (Å²) in [5, 5.41) is 7.28. The van der Waals surface area contributed by atoms with Gasteiger partial charge in [0.05, 0.1) is 5.69 Å². The van der Waals surface area contributed by atoms with E-state index in [0.29, 0.717) is 18.8 Å². The van der Waals surface area contributed by atoms with E-state index in [4.69, 9.17) is 0 Å². The van der Waals surface area contributed by atoms with E-state index in [1.165, 1.54) is 11.3 Å². The quantitative estimate of drug-likeness (QED) is 0.880. The summed E-state index contributed by atoms with van der Waals surface area (Å²) in [6, 6.07) is 10.5. The zero-order valence-corrected chi connectivity index (χ0v) is 15.5. The summed E-state index contributed by atoms with van der Waals surface area (Å²) in [6.45, 7) is 7.00. The number of nitrogens with zero attached hydrogens (tertiary/aromatic N) is 3. The summed E-state index contributed by atoms with van der Waals surface area (Å²) in [6.07, 6.45) is 2.38. The number of amides is 1. The molecule has 1 aliphatic rings. The molecule has 1 saturated heterocycles. The highest BCUT2D eigenvalue weighted by molar-refractivity contribution is 5.76. The van der Waals surface area contributed by atoms with Gasteiger partial charge in [-0.3, -0.25) is 9.89 Å². The van der Waals surface area contributed by atoms with Gasteiger partial charge in [-0.1, -0.05) is 18.2 Å². The van der Waals surface area contributed by atoms with E-state index in [-0.39, 0.29) is 5.91 Å². The van der Waals surface area contributed by atoms with Crippen LogP contribution in [0, 0.1) is 19.8 Å². The number of carbonyl (C=O) groups is 1. The second-order valence-corrected chi connectivity index (χ2v) is 7.13. The highest BCUT2D eigenvalue weighted by atomic mass is 16.2. The number of aryl methyl sites for hydroxylation is 2. The lowest BCUT2D eigenvalue weighted by Crippen LogP contribution is -2.33. The van der Waals surface area contributed by atoms with Crippen molar-refractivity contribution in [2.24, 2.45) is 5.92 Å². The molecule has 0 bridgehead atoms. The van der Waals surface area contributed by atoms with Crippen LogP contribution in [-0.2, 0) is 11.2 Å². The summed E-state index contributed by atoms with van der Waals surface area (Å²) in [5.41, 5.74) is 4.55. The van der Waals surface area contributed by atoms with E-state index >= 15 is 0 Å². The van der Waals surface area contributed by atoms with Gasteiger partial charge in [0.15, 0.2) is 0 Å². The van der Waals surface area contributed by atoms with E-state index in [1.807, 2.05) is 24.9 Å². The summed E-state index contributed by atoms with van der Waals surface area (Å²) < 4.78 is 0. The molecule has 1 aromatic heterocycles. The molecule has 5 heteroatoms. The number of hydrogen-bond donors (Lipinski definition) is 1. The van der Waals surface area contributed by atoms with Gasteiger partial charge in [-0.15, -0.1) is 0 Å². The van der Waals surface area contributed by atoms with Gasteiger partial charge in [0, 0.05) is 50.9 Å². The van der Waals surface area contributed by atoms with Gasteiger partial charge in [-0.05, 0) is 43.9 Å². The normalized spacial score (nSPS) is 17.1. The van der Waals surface area contributed by atoms with Gasteiger partial charge in [0.25, 0.3) is 0 Å². The van der Waals surface area contributed by atoms with Crippen molar-refractivity contribution in [3.05, 3.63) is 47.3 Å². The molecule has 1 aromatic carbocycles. The third-order valence-corrected chi connectivity index (χ3v) is 5.29. The molecule has 134 valence electrons. The third-order valence-electron chi connectivity index (χ3n) is 5.29. The largest absolute Gasteiger partial charge is 0.371 e. The maximum absolute atomic E-state index is 12.4. The summed E-state index contributed by atoms with van der Waals surface area (Å²) in [4.78, 5) is 16.8. The first-order valence-corrected chi connectivity index (χ1v) is 9.09. The van der Waals surface area contributed by atoms with E-state index in [0.717, 1.165) is 37.4 Å². The highest BCUT2D eigenvalue weighted by Crippen LogP contribution is 2.24. The molecule has 1 atom stereocenters. The molecular formula is C20H28N4O. The van der Waals surface area contributed by atoms with Crippen LogP contribution < -0.4 is 4.90 Å². The van der Waals surface area contributed by atoms with Crippen LogP contribution in [0.15, 0.2) is 30.3 Å². The molecule has 2 heterocycles. The summed E-state index contributed by atoms with van der Waals surface area (Å²) >= 11 is 0. The first-order valence-electron chi connectivity index (χ1n) is 9.09. The number of hydrogen-bond acceptors (Lipinski definition) is 3. The molecule has 1 amide bonds. The number of benzene rings is 1. The van der Waals surface area contributed by atoms with E-state index in [9.17, 15) is 4.79 Å². The minimum Gasteiger partial charge on any atom is -0.371 e. The van der Waals surface area contributed by atoms with Crippen molar-refractivity contribution in [3.63, 3.8) is 0 Å². The Balaban J connectivity index is 1.46. The number of H-pyrrole nitrogens is 1. The Morgan fingerprint density at radius 3 is 2.76 bits per heavy atom. The molecule has 0 aliphatic carbocycles. The van der Waals surface area contributed by atoms with Crippen molar-refractivity contribution in [2.75, 3.05) is 31.6 Å². The predicted molar refractivity (Wildman–Crippen MR) is 101 cm³/mol. The summed E-state index contributed by atoms with van der Waals surface area (Å²) in [5.74, 6) is 0.752. The number of aromatic nitrogens is 2. The van der Waals surface area contributed by atoms with Crippen molar-refractivity contribution in [3.8, 4) is 0 Å². The first-order chi connectivity index (χ1) is 12.0. The van der Waals surface area contributed by atoms with Crippen LogP contribution >= 0.6 is 0 Å². The molecule has 1 fully saturated rings. The van der Waals surface area contributed by atoms with E-state index < -0.39 is 0 Å². The molecule has 0 radical (unpaired) electrons. The van der Waals surface area contributed by atoms with Crippen LogP contribution in [0.1, 0.15) is 29.8 Å². The lowest BCUT2D eigenvalue weighted by atomic mass is 10.1. The second-order valence-electron chi connectivity index (χ2n) is 7.13. The van der Waals surface area contributed by atoms with Gasteiger partial charge in [0.1, 0.15) is 0 Å². The average molecular weight is 340 g/mol. The molecule has 25 heavy (non-hydrogen) atoms. The molecule has 0 saturated carbocycles. The third kappa shape index (κ3) is 4.21. The van der Waals surface area contributed by atoms with Gasteiger partial charge in [-0.25, -0.2) is 0 Å². The maximum Gasteiger partial charge on any atom is 0.222 e.